The van der Waals surface area contributed by atoms with E-state index in [-0.39, 0.29) is 12.4 Å². The van der Waals surface area contributed by atoms with Crippen molar-refractivity contribution in [3.8, 4) is 5.75 Å². The molecule has 0 saturated heterocycles. The summed E-state index contributed by atoms with van der Waals surface area (Å²) in [6.45, 7) is -0.311. The van der Waals surface area contributed by atoms with Crippen molar-refractivity contribution in [2.24, 2.45) is 0 Å². The van der Waals surface area contributed by atoms with Gasteiger partial charge in [-0.3, -0.25) is 4.79 Å². The van der Waals surface area contributed by atoms with Crippen LogP contribution in [0.4, 0.5) is 0 Å². The minimum atomic E-state index is -0.568. The molecule has 118 valence electrons. The van der Waals surface area contributed by atoms with Gasteiger partial charge in [-0.2, -0.15) is 0 Å². The average molecular weight is 375 g/mol. The van der Waals surface area contributed by atoms with Gasteiger partial charge in [0.25, 0.3) is 0 Å². The first-order valence-electron chi connectivity index (χ1n) is 6.86. The van der Waals surface area contributed by atoms with E-state index in [1.807, 2.05) is 24.3 Å². The van der Waals surface area contributed by atoms with Gasteiger partial charge < -0.3 is 9.47 Å². The highest BCUT2D eigenvalue weighted by molar-refractivity contribution is 9.10. The van der Waals surface area contributed by atoms with E-state index in [4.69, 9.17) is 9.47 Å². The van der Waals surface area contributed by atoms with Crippen molar-refractivity contribution in [3.63, 3.8) is 0 Å². The van der Waals surface area contributed by atoms with Gasteiger partial charge in [0.2, 0.25) is 0 Å². The molecule has 0 radical (unpaired) electrons. The number of carbonyl (C=O) groups excluding carboxylic acids is 2. The van der Waals surface area contributed by atoms with Crippen molar-refractivity contribution in [1.82, 2.24) is 0 Å². The number of methoxy groups -OCH3 is 1. The Morgan fingerprint density at radius 1 is 1.13 bits per heavy atom. The summed E-state index contributed by atoms with van der Waals surface area (Å²) in [5, 5.41) is 0. The molecule has 4 nitrogen and oxygen atoms in total. The first kappa shape index (κ1) is 17.0. The van der Waals surface area contributed by atoms with Crippen LogP contribution in [0, 0.1) is 0 Å². The Hall–Kier alpha value is -2.40. The lowest BCUT2D eigenvalue weighted by Crippen LogP contribution is -2.12. The molecule has 0 atom stereocenters. The molecule has 2 aromatic carbocycles. The molecule has 0 unspecified atom stereocenters. The Labute approximate surface area is 142 Å². The maximum atomic E-state index is 12.0. The van der Waals surface area contributed by atoms with Crippen LogP contribution < -0.4 is 4.74 Å². The Morgan fingerprint density at radius 3 is 2.65 bits per heavy atom. The number of halogens is 1. The van der Waals surface area contributed by atoms with Gasteiger partial charge in [0, 0.05) is 16.1 Å². The molecule has 0 heterocycles. The van der Waals surface area contributed by atoms with Gasteiger partial charge in [-0.15, -0.1) is 0 Å². The summed E-state index contributed by atoms with van der Waals surface area (Å²) in [6, 6.07) is 14.2. The number of ketones is 1. The molecule has 0 fully saturated rings. The molecular formula is C18H15BrO4. The van der Waals surface area contributed by atoms with E-state index in [1.165, 1.54) is 13.2 Å². The maximum absolute atomic E-state index is 12.0. The van der Waals surface area contributed by atoms with Gasteiger partial charge in [-0.25, -0.2) is 4.79 Å². The Morgan fingerprint density at radius 2 is 1.91 bits per heavy atom. The topological polar surface area (TPSA) is 52.6 Å². The van der Waals surface area contributed by atoms with E-state index in [0.717, 1.165) is 10.0 Å². The third kappa shape index (κ3) is 5.38. The van der Waals surface area contributed by atoms with Crippen LogP contribution in [0.5, 0.6) is 5.75 Å². The van der Waals surface area contributed by atoms with E-state index in [9.17, 15) is 9.59 Å². The fourth-order valence-corrected chi connectivity index (χ4v) is 2.26. The molecule has 0 aliphatic rings. The van der Waals surface area contributed by atoms with E-state index in [2.05, 4.69) is 15.9 Å². The van der Waals surface area contributed by atoms with Crippen LogP contribution in [0.2, 0.25) is 0 Å². The first-order chi connectivity index (χ1) is 11.1. The van der Waals surface area contributed by atoms with Gasteiger partial charge in [0.1, 0.15) is 5.75 Å². The quantitative estimate of drug-likeness (QED) is 0.437. The zero-order valence-electron chi connectivity index (χ0n) is 12.5. The van der Waals surface area contributed by atoms with Crippen molar-refractivity contribution < 1.29 is 19.1 Å². The molecule has 5 heteroatoms. The largest absolute Gasteiger partial charge is 0.497 e. The van der Waals surface area contributed by atoms with Crippen LogP contribution in [-0.2, 0) is 9.53 Å². The summed E-state index contributed by atoms with van der Waals surface area (Å²) in [5.41, 5.74) is 1.29. The van der Waals surface area contributed by atoms with Crippen LogP contribution in [-0.4, -0.2) is 25.5 Å². The molecule has 23 heavy (non-hydrogen) atoms. The monoisotopic (exact) mass is 374 g/mol. The summed E-state index contributed by atoms with van der Waals surface area (Å²) in [6.07, 6.45) is 2.92. The number of Topliss-reactive ketones (excluding diaryl/α,β-unsaturated/α-hetero) is 1. The van der Waals surface area contributed by atoms with Crippen LogP contribution in [0.1, 0.15) is 15.9 Å². The fraction of sp³-hybridized carbons (Fsp3) is 0.111. The minimum absolute atomic E-state index is 0.284. The first-order valence-corrected chi connectivity index (χ1v) is 7.65. The zero-order valence-corrected chi connectivity index (χ0v) is 14.1. The SMILES string of the molecule is COc1cccc(C(=O)COC(=O)/C=C/c2cccc(Br)c2)c1. The highest BCUT2D eigenvalue weighted by Gasteiger charge is 2.09. The fourth-order valence-electron chi connectivity index (χ4n) is 1.84. The zero-order chi connectivity index (χ0) is 16.7. The molecule has 0 spiro atoms. The Bertz CT molecular complexity index is 737. The Balaban J connectivity index is 1.89. The molecular weight excluding hydrogens is 360 g/mol. The number of esters is 1. The van der Waals surface area contributed by atoms with Crippen molar-refractivity contribution in [2.45, 2.75) is 0 Å². The van der Waals surface area contributed by atoms with E-state index < -0.39 is 5.97 Å². The number of hydrogen-bond acceptors (Lipinski definition) is 4. The van der Waals surface area contributed by atoms with Gasteiger partial charge in [-0.05, 0) is 35.9 Å². The molecule has 0 N–H and O–H groups in total. The summed E-state index contributed by atoms with van der Waals surface area (Å²) in [7, 11) is 1.52. The molecule has 2 rings (SSSR count). The van der Waals surface area contributed by atoms with E-state index in [0.29, 0.717) is 11.3 Å². The molecule has 0 saturated carbocycles. The predicted octanol–water partition coefficient (Wildman–Crippen LogP) is 3.90. The van der Waals surface area contributed by atoms with Crippen molar-refractivity contribution in [3.05, 3.63) is 70.2 Å². The predicted molar refractivity (Wildman–Crippen MR) is 91.5 cm³/mol. The standard InChI is InChI=1S/C18H15BrO4/c1-22-16-7-3-5-14(11-16)17(20)12-23-18(21)9-8-13-4-2-6-15(19)10-13/h2-11H,12H2,1H3/b9-8+. The summed E-state index contributed by atoms with van der Waals surface area (Å²) in [5.74, 6) is -0.272. The molecule has 0 aliphatic carbocycles. The van der Waals surface area contributed by atoms with Gasteiger partial charge in [-0.1, -0.05) is 40.2 Å². The average Bonchev–Trinajstić information content (AvgIpc) is 2.58. The van der Waals surface area contributed by atoms with Gasteiger partial charge >= 0.3 is 5.97 Å². The van der Waals surface area contributed by atoms with E-state index in [1.54, 1.807) is 30.3 Å². The van der Waals surface area contributed by atoms with Gasteiger partial charge in [0.05, 0.1) is 7.11 Å². The van der Waals surface area contributed by atoms with Crippen LogP contribution >= 0.6 is 15.9 Å². The number of hydrogen-bond donors (Lipinski definition) is 0. The summed E-state index contributed by atoms with van der Waals surface area (Å²) in [4.78, 5) is 23.6. The van der Waals surface area contributed by atoms with Crippen molar-refractivity contribution in [2.75, 3.05) is 13.7 Å². The lowest BCUT2D eigenvalue weighted by atomic mass is 10.1. The molecule has 2 aromatic rings. The third-order valence-electron chi connectivity index (χ3n) is 3.00. The summed E-state index contributed by atoms with van der Waals surface area (Å²) >= 11 is 3.35. The lowest BCUT2D eigenvalue weighted by Gasteiger charge is -2.04. The van der Waals surface area contributed by atoms with Crippen LogP contribution in [0.3, 0.4) is 0 Å². The second-order valence-corrected chi connectivity index (χ2v) is 5.57. The molecule has 0 aromatic heterocycles. The number of carbonyl (C=O) groups is 2. The van der Waals surface area contributed by atoms with Crippen molar-refractivity contribution in [1.29, 1.82) is 0 Å². The van der Waals surface area contributed by atoms with Gasteiger partial charge in [0.15, 0.2) is 12.4 Å². The third-order valence-corrected chi connectivity index (χ3v) is 3.49. The second kappa shape index (κ2) is 8.29. The molecule has 0 bridgehead atoms. The Kier molecular flexibility index (Phi) is 6.11. The smallest absolute Gasteiger partial charge is 0.331 e. The minimum Gasteiger partial charge on any atom is -0.497 e. The second-order valence-electron chi connectivity index (χ2n) is 4.65. The van der Waals surface area contributed by atoms with Crippen molar-refractivity contribution >= 4 is 33.8 Å². The molecule has 0 aliphatic heterocycles. The van der Waals surface area contributed by atoms with Crippen LogP contribution in [0.15, 0.2) is 59.1 Å². The number of rotatable bonds is 6. The number of ether oxygens (including phenoxy) is 2. The maximum Gasteiger partial charge on any atom is 0.331 e. The molecule has 0 amide bonds. The number of benzene rings is 2. The van der Waals surface area contributed by atoms with E-state index >= 15 is 0 Å². The normalized spacial score (nSPS) is 10.5. The lowest BCUT2D eigenvalue weighted by molar-refractivity contribution is -0.136. The summed E-state index contributed by atoms with van der Waals surface area (Å²) < 4.78 is 10.9. The highest BCUT2D eigenvalue weighted by atomic mass is 79.9. The highest BCUT2D eigenvalue weighted by Crippen LogP contribution is 2.14. The van der Waals surface area contributed by atoms with Crippen LogP contribution in [0.25, 0.3) is 6.08 Å².